The zero-order chi connectivity index (χ0) is 20.2. The predicted molar refractivity (Wildman–Crippen MR) is 103 cm³/mol. The maximum Gasteiger partial charge on any atom is 0.267 e. The molecule has 0 saturated heterocycles. The number of halogens is 2. The third-order valence-electron chi connectivity index (χ3n) is 3.22. The summed E-state index contributed by atoms with van der Waals surface area (Å²) < 4.78 is 30.6. The van der Waals surface area contributed by atoms with E-state index in [1.54, 1.807) is 7.11 Å². The molecule has 0 saturated carbocycles. The molecule has 0 fully saturated rings. The lowest BCUT2D eigenvalue weighted by Crippen LogP contribution is -2.22. The van der Waals surface area contributed by atoms with Crippen LogP contribution in [0.5, 0.6) is 5.75 Å². The van der Waals surface area contributed by atoms with Gasteiger partial charge < -0.3 is 15.8 Å². The molecule has 2 aromatic carbocycles. The van der Waals surface area contributed by atoms with E-state index in [0.717, 1.165) is 35.6 Å². The average Bonchev–Trinajstić information content (AvgIpc) is 2.61. The standard InChI is InChI=1S/C11H11F2N3O.C8H11NO/c1-14-6-11(17)16-7-15-5-8-2-9(12)4-10(13)3-8;1-6-5-7(10-2)3-4-8(6)9/h2-4,6-7H,5H2,1H3,(H,15,16,17);3-5H,9H2,1-2H3. The third-order valence-corrected chi connectivity index (χ3v) is 3.22. The molecular formula is C19H22F2N4O2. The highest BCUT2D eigenvalue weighted by molar-refractivity contribution is 6.28. The van der Waals surface area contributed by atoms with Crippen LogP contribution in [-0.2, 0) is 11.3 Å². The Labute approximate surface area is 156 Å². The van der Waals surface area contributed by atoms with E-state index in [-0.39, 0.29) is 6.54 Å². The lowest BCUT2D eigenvalue weighted by molar-refractivity contribution is -0.113. The summed E-state index contributed by atoms with van der Waals surface area (Å²) in [7, 11) is 3.11. The maximum absolute atomic E-state index is 12.8. The molecule has 0 aliphatic rings. The van der Waals surface area contributed by atoms with Crippen LogP contribution in [0.1, 0.15) is 11.1 Å². The van der Waals surface area contributed by atoms with Crippen LogP contribution >= 0.6 is 0 Å². The first kappa shape index (κ1) is 21.8. The van der Waals surface area contributed by atoms with E-state index in [1.165, 1.54) is 19.2 Å². The van der Waals surface area contributed by atoms with Gasteiger partial charge >= 0.3 is 0 Å². The van der Waals surface area contributed by atoms with Crippen molar-refractivity contribution in [3.8, 4) is 5.75 Å². The molecule has 0 aromatic heterocycles. The van der Waals surface area contributed by atoms with Gasteiger partial charge in [-0.15, -0.1) is 0 Å². The number of carbonyl (C=O) groups excluding carboxylic acids is 1. The van der Waals surface area contributed by atoms with E-state index in [2.05, 4.69) is 15.3 Å². The zero-order valence-corrected chi connectivity index (χ0v) is 15.4. The molecule has 0 unspecified atom stereocenters. The van der Waals surface area contributed by atoms with E-state index in [4.69, 9.17) is 10.5 Å². The molecule has 0 atom stereocenters. The zero-order valence-electron chi connectivity index (χ0n) is 15.4. The van der Waals surface area contributed by atoms with Gasteiger partial charge in [0.1, 0.15) is 17.4 Å². The molecule has 2 rings (SSSR count). The van der Waals surface area contributed by atoms with E-state index in [1.807, 2.05) is 25.1 Å². The van der Waals surface area contributed by atoms with Gasteiger partial charge in [0.15, 0.2) is 0 Å². The normalized spacial score (nSPS) is 10.6. The molecule has 0 bridgehead atoms. The Kier molecular flexibility index (Phi) is 9.14. The second kappa shape index (κ2) is 11.3. The summed E-state index contributed by atoms with van der Waals surface area (Å²) in [4.78, 5) is 18.2. The number of amides is 1. The molecule has 6 nitrogen and oxygen atoms in total. The van der Waals surface area contributed by atoms with Crippen molar-refractivity contribution >= 4 is 24.1 Å². The third kappa shape index (κ3) is 8.57. The number of hydrogen-bond acceptors (Lipinski definition) is 5. The van der Waals surface area contributed by atoms with Crippen molar-refractivity contribution in [2.24, 2.45) is 9.98 Å². The molecule has 144 valence electrons. The van der Waals surface area contributed by atoms with Crippen LogP contribution in [0.25, 0.3) is 0 Å². The predicted octanol–water partition coefficient (Wildman–Crippen LogP) is 2.90. The van der Waals surface area contributed by atoms with Crippen molar-refractivity contribution in [3.05, 3.63) is 59.2 Å². The fourth-order valence-corrected chi connectivity index (χ4v) is 1.89. The van der Waals surface area contributed by atoms with E-state index in [0.29, 0.717) is 5.56 Å². The largest absolute Gasteiger partial charge is 0.497 e. The van der Waals surface area contributed by atoms with Crippen LogP contribution in [0.15, 0.2) is 46.4 Å². The van der Waals surface area contributed by atoms with Crippen LogP contribution in [0.2, 0.25) is 0 Å². The molecule has 8 heteroatoms. The number of nitrogen functional groups attached to an aromatic ring is 1. The van der Waals surface area contributed by atoms with Gasteiger partial charge in [-0.2, -0.15) is 0 Å². The summed E-state index contributed by atoms with van der Waals surface area (Å²) in [5.74, 6) is -0.872. The highest BCUT2D eigenvalue weighted by Gasteiger charge is 1.99. The van der Waals surface area contributed by atoms with Crippen molar-refractivity contribution in [2.45, 2.75) is 13.5 Å². The minimum atomic E-state index is -0.655. The molecule has 0 aliphatic heterocycles. The summed E-state index contributed by atoms with van der Waals surface area (Å²) in [6.45, 7) is 2.04. The number of methoxy groups -OCH3 is 1. The number of rotatable bonds is 5. The average molecular weight is 376 g/mol. The number of nitrogens with one attached hydrogen (secondary N) is 1. The number of carbonyl (C=O) groups is 1. The van der Waals surface area contributed by atoms with E-state index in [9.17, 15) is 13.6 Å². The van der Waals surface area contributed by atoms with Gasteiger partial charge in [0.05, 0.1) is 26.2 Å². The van der Waals surface area contributed by atoms with Crippen LogP contribution in [0.4, 0.5) is 14.5 Å². The fraction of sp³-hybridized carbons (Fsp3) is 0.211. The van der Waals surface area contributed by atoms with Crippen LogP contribution < -0.4 is 15.8 Å². The second-order valence-corrected chi connectivity index (χ2v) is 5.37. The smallest absolute Gasteiger partial charge is 0.267 e. The van der Waals surface area contributed by atoms with Crippen LogP contribution in [0.3, 0.4) is 0 Å². The van der Waals surface area contributed by atoms with E-state index >= 15 is 0 Å². The summed E-state index contributed by atoms with van der Waals surface area (Å²) in [6.07, 6.45) is 2.25. The molecule has 2 aromatic rings. The molecule has 0 radical (unpaired) electrons. The van der Waals surface area contributed by atoms with Crippen LogP contribution in [0, 0.1) is 18.6 Å². The number of hydrogen-bond donors (Lipinski definition) is 2. The minimum absolute atomic E-state index is 0.0816. The fourth-order valence-electron chi connectivity index (χ4n) is 1.89. The Balaban J connectivity index is 0.000000309. The van der Waals surface area contributed by atoms with Gasteiger partial charge in [0, 0.05) is 18.8 Å². The number of nitrogens with two attached hydrogens (primary N) is 1. The highest BCUT2D eigenvalue weighted by Crippen LogP contribution is 2.17. The number of nitrogens with zero attached hydrogens (tertiary/aromatic N) is 2. The number of ether oxygens (including phenoxy) is 1. The molecule has 0 aliphatic carbocycles. The lowest BCUT2D eigenvalue weighted by Gasteiger charge is -2.02. The topological polar surface area (TPSA) is 89.1 Å². The number of benzene rings is 2. The number of anilines is 1. The Hall–Kier alpha value is -3.29. The van der Waals surface area contributed by atoms with Crippen LogP contribution in [-0.4, -0.2) is 32.6 Å². The first-order valence-corrected chi connectivity index (χ1v) is 7.91. The summed E-state index contributed by atoms with van der Waals surface area (Å²) in [6, 6.07) is 8.74. The van der Waals surface area contributed by atoms with Crippen molar-refractivity contribution in [2.75, 3.05) is 19.9 Å². The van der Waals surface area contributed by atoms with Gasteiger partial charge in [0.2, 0.25) is 0 Å². The van der Waals surface area contributed by atoms with Crippen molar-refractivity contribution < 1.29 is 18.3 Å². The Bertz CT molecular complexity index is 803. The summed E-state index contributed by atoms with van der Waals surface area (Å²) in [5, 5.41) is 2.32. The summed E-state index contributed by atoms with van der Waals surface area (Å²) >= 11 is 0. The van der Waals surface area contributed by atoms with Gasteiger partial charge in [-0.25, -0.2) is 8.78 Å². The van der Waals surface area contributed by atoms with Gasteiger partial charge in [-0.3, -0.25) is 14.8 Å². The van der Waals surface area contributed by atoms with Crippen molar-refractivity contribution in [1.82, 2.24) is 5.32 Å². The number of aryl methyl sites for hydroxylation is 1. The second-order valence-electron chi connectivity index (χ2n) is 5.37. The molecular weight excluding hydrogens is 354 g/mol. The highest BCUT2D eigenvalue weighted by atomic mass is 19.1. The molecule has 0 heterocycles. The Morgan fingerprint density at radius 2 is 1.89 bits per heavy atom. The van der Waals surface area contributed by atoms with Gasteiger partial charge in [0.25, 0.3) is 5.91 Å². The van der Waals surface area contributed by atoms with Crippen molar-refractivity contribution in [1.29, 1.82) is 0 Å². The summed E-state index contributed by atoms with van der Waals surface area (Å²) in [5.41, 5.74) is 7.84. The Morgan fingerprint density at radius 3 is 2.44 bits per heavy atom. The molecule has 1 amide bonds. The first-order chi connectivity index (χ1) is 12.8. The molecule has 3 N–H and O–H groups in total. The minimum Gasteiger partial charge on any atom is -0.497 e. The van der Waals surface area contributed by atoms with Gasteiger partial charge in [-0.05, 0) is 48.4 Å². The molecule has 0 spiro atoms. The van der Waals surface area contributed by atoms with E-state index < -0.39 is 17.5 Å². The maximum atomic E-state index is 12.8. The monoisotopic (exact) mass is 376 g/mol. The molecule has 27 heavy (non-hydrogen) atoms. The van der Waals surface area contributed by atoms with Crippen molar-refractivity contribution in [3.63, 3.8) is 0 Å². The Morgan fingerprint density at radius 1 is 1.22 bits per heavy atom. The first-order valence-electron chi connectivity index (χ1n) is 7.91. The number of aliphatic imine (C=N–C) groups is 2. The van der Waals surface area contributed by atoms with Gasteiger partial charge in [-0.1, -0.05) is 0 Å². The SMILES string of the molecule is CN=CC(=O)NC=NCc1cc(F)cc(F)c1.COc1ccc(N)c(C)c1. The quantitative estimate of drug-likeness (QED) is 0.478. The lowest BCUT2D eigenvalue weighted by atomic mass is 10.2.